The number of methoxy groups -OCH3 is 1. The van der Waals surface area contributed by atoms with E-state index in [1.54, 1.807) is 7.11 Å². The molecule has 1 atom stereocenters. The molecule has 2 aliphatic rings. The first-order chi connectivity index (χ1) is 15.0. The van der Waals surface area contributed by atoms with Gasteiger partial charge in [-0.15, -0.1) is 0 Å². The van der Waals surface area contributed by atoms with Crippen molar-refractivity contribution in [1.82, 2.24) is 9.80 Å². The number of carbonyl (C=O) groups is 1. The Morgan fingerprint density at radius 1 is 1.03 bits per heavy atom. The van der Waals surface area contributed by atoms with Crippen LogP contribution >= 0.6 is 11.6 Å². The van der Waals surface area contributed by atoms with E-state index < -0.39 is 0 Å². The van der Waals surface area contributed by atoms with E-state index in [0.717, 1.165) is 68.3 Å². The number of halogens is 1. The van der Waals surface area contributed by atoms with Crippen LogP contribution in [0, 0.1) is 5.92 Å². The normalized spacial score (nSPS) is 20.9. The molecule has 0 aromatic heterocycles. The Labute approximate surface area is 190 Å². The molecule has 0 radical (unpaired) electrons. The highest BCUT2D eigenvalue weighted by molar-refractivity contribution is 6.31. The highest BCUT2D eigenvalue weighted by Gasteiger charge is 2.33. The van der Waals surface area contributed by atoms with Gasteiger partial charge in [0, 0.05) is 36.9 Å². The van der Waals surface area contributed by atoms with E-state index in [4.69, 9.17) is 16.3 Å². The Bertz CT molecular complexity index is 884. The minimum Gasteiger partial charge on any atom is -0.497 e. The Hall–Kier alpha value is -2.24. The summed E-state index contributed by atoms with van der Waals surface area (Å²) in [6.07, 6.45) is 4.32. The standard InChI is InChI=1S/C25H32ClN3O2/c1-27-22(12-15-29(25(27)30)21-6-4-3-5-7-21)18-28-13-10-19(11-14-28)16-20-17-23(31-2)8-9-24(20)26/h3-9,17,19,22H,10-16,18H2,1-2H3. The Morgan fingerprint density at radius 3 is 2.48 bits per heavy atom. The summed E-state index contributed by atoms with van der Waals surface area (Å²) >= 11 is 6.41. The van der Waals surface area contributed by atoms with Gasteiger partial charge in [0.15, 0.2) is 0 Å². The molecule has 2 aliphatic heterocycles. The van der Waals surface area contributed by atoms with Crippen LogP contribution in [0.25, 0.3) is 0 Å². The van der Waals surface area contributed by atoms with Crippen LogP contribution in [-0.2, 0) is 6.42 Å². The van der Waals surface area contributed by atoms with Crippen molar-refractivity contribution in [2.24, 2.45) is 5.92 Å². The minimum atomic E-state index is 0.102. The third-order valence-corrected chi connectivity index (χ3v) is 7.14. The number of piperidine rings is 1. The number of likely N-dealkylation sites (N-methyl/N-ethyl adjacent to an activating group) is 1. The summed E-state index contributed by atoms with van der Waals surface area (Å²) in [7, 11) is 3.64. The van der Waals surface area contributed by atoms with Crippen LogP contribution in [0.1, 0.15) is 24.8 Å². The Morgan fingerprint density at radius 2 is 1.77 bits per heavy atom. The maximum Gasteiger partial charge on any atom is 0.324 e. The molecule has 2 aromatic rings. The van der Waals surface area contributed by atoms with Gasteiger partial charge < -0.3 is 14.5 Å². The van der Waals surface area contributed by atoms with E-state index in [1.807, 2.05) is 59.3 Å². The van der Waals surface area contributed by atoms with E-state index in [0.29, 0.717) is 5.92 Å². The van der Waals surface area contributed by atoms with Crippen LogP contribution in [-0.4, -0.2) is 62.2 Å². The second-order valence-electron chi connectivity index (χ2n) is 8.73. The van der Waals surface area contributed by atoms with E-state index in [1.165, 1.54) is 5.56 Å². The lowest BCUT2D eigenvalue weighted by Crippen LogP contribution is -2.56. The fourth-order valence-electron chi connectivity index (χ4n) is 4.79. The van der Waals surface area contributed by atoms with E-state index >= 15 is 0 Å². The number of hydrogen-bond acceptors (Lipinski definition) is 3. The first-order valence-electron chi connectivity index (χ1n) is 11.2. The predicted octanol–water partition coefficient (Wildman–Crippen LogP) is 4.93. The minimum absolute atomic E-state index is 0.102. The van der Waals surface area contributed by atoms with Crippen molar-refractivity contribution in [2.45, 2.75) is 31.7 Å². The lowest BCUT2D eigenvalue weighted by atomic mass is 9.89. The number of rotatable bonds is 6. The molecule has 166 valence electrons. The average molecular weight is 442 g/mol. The maximum atomic E-state index is 12.9. The van der Waals surface area contributed by atoms with Gasteiger partial charge in [-0.25, -0.2) is 4.79 Å². The zero-order valence-electron chi connectivity index (χ0n) is 18.5. The molecule has 4 rings (SSSR count). The van der Waals surface area contributed by atoms with Crippen LogP contribution in [0.2, 0.25) is 5.02 Å². The average Bonchev–Trinajstić information content (AvgIpc) is 2.80. The zero-order chi connectivity index (χ0) is 21.8. The van der Waals surface area contributed by atoms with Gasteiger partial charge in [-0.2, -0.15) is 0 Å². The molecule has 2 saturated heterocycles. The van der Waals surface area contributed by atoms with Crippen molar-refractivity contribution in [3.8, 4) is 5.75 Å². The number of amides is 2. The summed E-state index contributed by atoms with van der Waals surface area (Å²) in [5.41, 5.74) is 2.16. The number of nitrogens with zero attached hydrogens (tertiary/aromatic N) is 3. The summed E-state index contributed by atoms with van der Waals surface area (Å²) < 4.78 is 5.35. The van der Waals surface area contributed by atoms with E-state index in [2.05, 4.69) is 11.0 Å². The molecular weight excluding hydrogens is 410 g/mol. The van der Waals surface area contributed by atoms with Crippen molar-refractivity contribution >= 4 is 23.3 Å². The summed E-state index contributed by atoms with van der Waals surface area (Å²) in [6, 6.07) is 16.2. The van der Waals surface area contributed by atoms with Crippen LogP contribution in [0.3, 0.4) is 0 Å². The highest BCUT2D eigenvalue weighted by Crippen LogP contribution is 2.29. The van der Waals surface area contributed by atoms with Crippen molar-refractivity contribution in [3.63, 3.8) is 0 Å². The van der Waals surface area contributed by atoms with Gasteiger partial charge in [0.25, 0.3) is 0 Å². The zero-order valence-corrected chi connectivity index (χ0v) is 19.2. The fraction of sp³-hybridized carbons (Fsp3) is 0.480. The molecule has 0 saturated carbocycles. The topological polar surface area (TPSA) is 36.0 Å². The van der Waals surface area contributed by atoms with Crippen LogP contribution < -0.4 is 9.64 Å². The number of ether oxygens (including phenoxy) is 1. The van der Waals surface area contributed by atoms with Gasteiger partial charge in [-0.3, -0.25) is 4.90 Å². The van der Waals surface area contributed by atoms with Crippen LogP contribution in [0.4, 0.5) is 10.5 Å². The van der Waals surface area contributed by atoms with E-state index in [9.17, 15) is 4.79 Å². The van der Waals surface area contributed by atoms with Crippen molar-refractivity contribution < 1.29 is 9.53 Å². The van der Waals surface area contributed by atoms with Gasteiger partial charge in [0.1, 0.15) is 5.75 Å². The molecular formula is C25H32ClN3O2. The number of urea groups is 1. The third kappa shape index (κ3) is 5.16. The smallest absolute Gasteiger partial charge is 0.324 e. The molecule has 0 aliphatic carbocycles. The number of carbonyl (C=O) groups excluding carboxylic acids is 1. The summed E-state index contributed by atoms with van der Waals surface area (Å²) in [4.78, 5) is 19.3. The molecule has 5 nitrogen and oxygen atoms in total. The molecule has 2 fully saturated rings. The molecule has 0 bridgehead atoms. The van der Waals surface area contributed by atoms with Crippen LogP contribution in [0.5, 0.6) is 5.75 Å². The Balaban J connectivity index is 1.28. The number of likely N-dealkylation sites (tertiary alicyclic amines) is 1. The number of para-hydroxylation sites is 1. The van der Waals surface area contributed by atoms with Gasteiger partial charge in [0.05, 0.1) is 7.11 Å². The summed E-state index contributed by atoms with van der Waals surface area (Å²) in [5.74, 6) is 1.51. The molecule has 31 heavy (non-hydrogen) atoms. The van der Waals surface area contributed by atoms with E-state index in [-0.39, 0.29) is 12.1 Å². The molecule has 2 heterocycles. The fourth-order valence-corrected chi connectivity index (χ4v) is 4.99. The maximum absolute atomic E-state index is 12.9. The van der Waals surface area contributed by atoms with Crippen molar-refractivity contribution in [3.05, 3.63) is 59.1 Å². The largest absolute Gasteiger partial charge is 0.497 e. The summed E-state index contributed by atoms with van der Waals surface area (Å²) in [6.45, 7) is 3.89. The predicted molar refractivity (Wildman–Crippen MR) is 126 cm³/mol. The number of benzene rings is 2. The third-order valence-electron chi connectivity index (χ3n) is 6.77. The number of anilines is 1. The number of hydrogen-bond donors (Lipinski definition) is 0. The van der Waals surface area contributed by atoms with Crippen LogP contribution in [0.15, 0.2) is 48.5 Å². The molecule has 6 heteroatoms. The second-order valence-corrected chi connectivity index (χ2v) is 9.14. The quantitative estimate of drug-likeness (QED) is 0.637. The first-order valence-corrected chi connectivity index (χ1v) is 11.6. The lowest BCUT2D eigenvalue weighted by molar-refractivity contribution is 0.122. The van der Waals surface area contributed by atoms with Crippen molar-refractivity contribution in [2.75, 3.05) is 45.2 Å². The lowest BCUT2D eigenvalue weighted by Gasteiger charge is -2.42. The monoisotopic (exact) mass is 441 g/mol. The molecule has 2 aromatic carbocycles. The Kier molecular flexibility index (Phi) is 7.03. The molecule has 0 spiro atoms. The second kappa shape index (κ2) is 9.92. The van der Waals surface area contributed by atoms with Gasteiger partial charge in [-0.05, 0) is 80.6 Å². The van der Waals surface area contributed by atoms with Crippen molar-refractivity contribution in [1.29, 1.82) is 0 Å². The van der Waals surface area contributed by atoms with Gasteiger partial charge in [-0.1, -0.05) is 29.8 Å². The van der Waals surface area contributed by atoms with Gasteiger partial charge >= 0.3 is 6.03 Å². The molecule has 0 N–H and O–H groups in total. The SMILES string of the molecule is COc1ccc(Cl)c(CC2CCN(CC3CCN(c4ccccc4)C(=O)N3C)CC2)c1. The highest BCUT2D eigenvalue weighted by atomic mass is 35.5. The first kappa shape index (κ1) is 22.0. The molecule has 2 amide bonds. The molecule has 1 unspecified atom stereocenters. The summed E-state index contributed by atoms with van der Waals surface area (Å²) in [5, 5.41) is 0.827. The van der Waals surface area contributed by atoms with Gasteiger partial charge in [0.2, 0.25) is 0 Å².